The van der Waals surface area contributed by atoms with Crippen LogP contribution in [0, 0.1) is 10.1 Å². The van der Waals surface area contributed by atoms with Gasteiger partial charge < -0.3 is 10.2 Å². The SMILES string of the molecule is CN(C)C(CNC(=O)Cn1cc([N+](=O)[O-])ccc1=O)c1ccccc1. The molecule has 2 rings (SSSR count). The molecule has 0 radical (unpaired) electrons. The van der Waals surface area contributed by atoms with E-state index >= 15 is 0 Å². The standard InChI is InChI=1S/C17H20N4O4/c1-19(2)15(13-6-4-3-5-7-13)10-18-16(22)12-20-11-14(21(24)25)8-9-17(20)23/h3-9,11,15H,10,12H2,1-2H3,(H,18,22). The number of carbonyl (C=O) groups is 1. The molecule has 1 atom stereocenters. The van der Waals surface area contributed by atoms with Crippen molar-refractivity contribution in [1.82, 2.24) is 14.8 Å². The molecule has 25 heavy (non-hydrogen) atoms. The van der Waals surface area contributed by atoms with Gasteiger partial charge in [0.05, 0.1) is 17.2 Å². The van der Waals surface area contributed by atoms with E-state index in [9.17, 15) is 19.7 Å². The first-order chi connectivity index (χ1) is 11.9. The Kier molecular flexibility index (Phi) is 6.02. The minimum absolute atomic E-state index is 0.0213. The number of rotatable bonds is 7. The van der Waals surface area contributed by atoms with E-state index in [-0.39, 0.29) is 24.2 Å². The van der Waals surface area contributed by atoms with Gasteiger partial charge in [0.1, 0.15) is 6.54 Å². The third-order valence-corrected chi connectivity index (χ3v) is 3.79. The van der Waals surface area contributed by atoms with Crippen LogP contribution in [-0.2, 0) is 11.3 Å². The van der Waals surface area contributed by atoms with Crippen LogP contribution in [-0.4, -0.2) is 40.9 Å². The van der Waals surface area contributed by atoms with Crippen LogP contribution in [0.1, 0.15) is 11.6 Å². The molecule has 1 unspecified atom stereocenters. The van der Waals surface area contributed by atoms with Gasteiger partial charge in [-0.2, -0.15) is 0 Å². The summed E-state index contributed by atoms with van der Waals surface area (Å²) in [6, 6.07) is 11.9. The second-order valence-electron chi connectivity index (χ2n) is 5.80. The molecule has 2 aromatic rings. The topological polar surface area (TPSA) is 97.5 Å². The molecule has 0 aliphatic carbocycles. The first kappa shape index (κ1) is 18.3. The lowest BCUT2D eigenvalue weighted by Crippen LogP contribution is -2.37. The van der Waals surface area contributed by atoms with Crippen molar-refractivity contribution in [3.05, 3.63) is 74.7 Å². The second-order valence-corrected chi connectivity index (χ2v) is 5.80. The molecule has 0 bridgehead atoms. The number of likely N-dealkylation sites (N-methyl/N-ethyl adjacent to an activating group) is 1. The highest BCUT2D eigenvalue weighted by Gasteiger charge is 2.16. The summed E-state index contributed by atoms with van der Waals surface area (Å²) >= 11 is 0. The van der Waals surface area contributed by atoms with Gasteiger partial charge in [0, 0.05) is 18.7 Å². The monoisotopic (exact) mass is 344 g/mol. The second kappa shape index (κ2) is 8.20. The van der Waals surface area contributed by atoms with Crippen molar-refractivity contribution in [2.24, 2.45) is 0 Å². The maximum Gasteiger partial charge on any atom is 0.285 e. The van der Waals surface area contributed by atoms with E-state index in [0.29, 0.717) is 6.54 Å². The summed E-state index contributed by atoms with van der Waals surface area (Å²) in [7, 11) is 3.82. The highest BCUT2D eigenvalue weighted by atomic mass is 16.6. The summed E-state index contributed by atoms with van der Waals surface area (Å²) in [5.41, 5.74) is 0.358. The number of nitrogens with one attached hydrogen (secondary N) is 1. The Morgan fingerprint density at radius 1 is 1.24 bits per heavy atom. The number of hydrogen-bond acceptors (Lipinski definition) is 5. The van der Waals surface area contributed by atoms with E-state index in [4.69, 9.17) is 0 Å². The van der Waals surface area contributed by atoms with E-state index in [0.717, 1.165) is 28.5 Å². The van der Waals surface area contributed by atoms with Crippen molar-refractivity contribution in [2.75, 3.05) is 20.6 Å². The lowest BCUT2D eigenvalue weighted by atomic mass is 10.1. The van der Waals surface area contributed by atoms with Gasteiger partial charge in [0.2, 0.25) is 5.91 Å². The van der Waals surface area contributed by atoms with Crippen molar-refractivity contribution in [2.45, 2.75) is 12.6 Å². The van der Waals surface area contributed by atoms with Gasteiger partial charge >= 0.3 is 0 Å². The van der Waals surface area contributed by atoms with Crippen LogP contribution in [0.5, 0.6) is 0 Å². The molecule has 1 amide bonds. The van der Waals surface area contributed by atoms with Crippen molar-refractivity contribution in [3.8, 4) is 0 Å². The zero-order chi connectivity index (χ0) is 18.4. The first-order valence-electron chi connectivity index (χ1n) is 7.71. The quantitative estimate of drug-likeness (QED) is 0.601. The molecular formula is C17H20N4O4. The van der Waals surface area contributed by atoms with E-state index < -0.39 is 10.5 Å². The molecule has 0 aliphatic heterocycles. The Labute approximate surface area is 144 Å². The molecule has 132 valence electrons. The Bertz CT molecular complexity index is 802. The molecule has 1 aromatic carbocycles. The van der Waals surface area contributed by atoms with Crippen molar-refractivity contribution >= 4 is 11.6 Å². The molecule has 1 N–H and O–H groups in total. The number of nitro groups is 1. The number of benzene rings is 1. The normalized spacial score (nSPS) is 12.0. The third kappa shape index (κ3) is 4.98. The maximum absolute atomic E-state index is 12.1. The van der Waals surface area contributed by atoms with E-state index in [1.54, 1.807) is 0 Å². The van der Waals surface area contributed by atoms with Crippen LogP contribution in [0.25, 0.3) is 0 Å². The van der Waals surface area contributed by atoms with Crippen molar-refractivity contribution in [1.29, 1.82) is 0 Å². The Morgan fingerprint density at radius 2 is 1.92 bits per heavy atom. The zero-order valence-electron chi connectivity index (χ0n) is 14.1. The lowest BCUT2D eigenvalue weighted by molar-refractivity contribution is -0.385. The lowest BCUT2D eigenvalue weighted by Gasteiger charge is -2.25. The van der Waals surface area contributed by atoms with Crippen molar-refractivity contribution in [3.63, 3.8) is 0 Å². The largest absolute Gasteiger partial charge is 0.353 e. The highest BCUT2D eigenvalue weighted by molar-refractivity contribution is 5.75. The van der Waals surface area contributed by atoms with Gasteiger partial charge in [0.15, 0.2) is 0 Å². The average Bonchev–Trinajstić information content (AvgIpc) is 2.57. The van der Waals surface area contributed by atoms with Crippen LogP contribution in [0.3, 0.4) is 0 Å². The summed E-state index contributed by atoms with van der Waals surface area (Å²) in [5, 5.41) is 13.6. The summed E-state index contributed by atoms with van der Waals surface area (Å²) < 4.78 is 1.03. The van der Waals surface area contributed by atoms with Gasteiger partial charge in [0.25, 0.3) is 11.2 Å². The van der Waals surface area contributed by atoms with Gasteiger partial charge in [-0.1, -0.05) is 30.3 Å². The van der Waals surface area contributed by atoms with Gasteiger partial charge in [-0.25, -0.2) is 0 Å². The molecule has 1 aromatic heterocycles. The number of nitrogens with zero attached hydrogens (tertiary/aromatic N) is 3. The Balaban J connectivity index is 2.04. The third-order valence-electron chi connectivity index (χ3n) is 3.79. The van der Waals surface area contributed by atoms with Gasteiger partial charge in [-0.3, -0.25) is 24.3 Å². The number of hydrogen-bond donors (Lipinski definition) is 1. The smallest absolute Gasteiger partial charge is 0.285 e. The zero-order valence-corrected chi connectivity index (χ0v) is 14.1. The fraction of sp³-hybridized carbons (Fsp3) is 0.294. The Hall–Kier alpha value is -3.00. The van der Waals surface area contributed by atoms with Crippen LogP contribution in [0.4, 0.5) is 5.69 Å². The molecule has 0 saturated heterocycles. The number of carbonyl (C=O) groups excluding carboxylic acids is 1. The molecule has 0 saturated carbocycles. The molecular weight excluding hydrogens is 324 g/mol. The van der Waals surface area contributed by atoms with Gasteiger partial charge in [-0.05, 0) is 19.7 Å². The Morgan fingerprint density at radius 3 is 2.52 bits per heavy atom. The summed E-state index contributed by atoms with van der Waals surface area (Å²) in [6.45, 7) is 0.0922. The molecule has 8 heteroatoms. The number of pyridine rings is 1. The average molecular weight is 344 g/mol. The fourth-order valence-corrected chi connectivity index (χ4v) is 2.45. The minimum atomic E-state index is -0.606. The molecule has 0 spiro atoms. The number of amides is 1. The predicted octanol–water partition coefficient (Wildman–Crippen LogP) is 1.18. The maximum atomic E-state index is 12.1. The molecule has 0 aliphatic rings. The summed E-state index contributed by atoms with van der Waals surface area (Å²) in [5.74, 6) is -0.384. The van der Waals surface area contributed by atoms with E-state index in [2.05, 4.69) is 5.32 Å². The fourth-order valence-electron chi connectivity index (χ4n) is 2.45. The molecule has 8 nitrogen and oxygen atoms in total. The highest BCUT2D eigenvalue weighted by Crippen LogP contribution is 2.16. The summed E-state index contributed by atoms with van der Waals surface area (Å²) in [6.07, 6.45) is 1.07. The van der Waals surface area contributed by atoms with Crippen LogP contribution in [0.15, 0.2) is 53.5 Å². The van der Waals surface area contributed by atoms with Crippen LogP contribution >= 0.6 is 0 Å². The molecule has 0 fully saturated rings. The van der Waals surface area contributed by atoms with Gasteiger partial charge in [-0.15, -0.1) is 0 Å². The summed E-state index contributed by atoms with van der Waals surface area (Å²) in [4.78, 5) is 36.1. The van der Waals surface area contributed by atoms with Crippen LogP contribution in [0.2, 0.25) is 0 Å². The van der Waals surface area contributed by atoms with Crippen LogP contribution < -0.4 is 10.9 Å². The number of aromatic nitrogens is 1. The van der Waals surface area contributed by atoms with E-state index in [1.807, 2.05) is 49.3 Å². The first-order valence-corrected chi connectivity index (χ1v) is 7.71. The molecule has 1 heterocycles. The van der Waals surface area contributed by atoms with Crippen molar-refractivity contribution < 1.29 is 9.72 Å². The minimum Gasteiger partial charge on any atom is -0.353 e. The van der Waals surface area contributed by atoms with E-state index in [1.165, 1.54) is 0 Å². The predicted molar refractivity (Wildman–Crippen MR) is 93.2 cm³/mol.